The standard InChI is InChI=1S/C29H31N3O8/c1-3-23(33)20-8-5-7-18-22(16-39-29(38)40-32-26(36)13-14-27(32)37)21-15-17(11-12-19(21)28(18)20)31-25(35)10-6-9-24(34)30-4-2/h5,7-8,11-12,15,22H,3-4,6,9-10,13-14,16H2,1-2H3,(H,30,34)(H,31,35). The van der Waals surface area contributed by atoms with E-state index in [1.807, 2.05) is 19.1 Å². The molecule has 0 radical (unpaired) electrons. The fourth-order valence-electron chi connectivity index (χ4n) is 4.92. The number of imide groups is 1. The smallest absolute Gasteiger partial charge is 0.432 e. The first-order valence-electron chi connectivity index (χ1n) is 13.3. The van der Waals surface area contributed by atoms with E-state index in [1.54, 1.807) is 31.2 Å². The summed E-state index contributed by atoms with van der Waals surface area (Å²) >= 11 is 0. The maximum Gasteiger partial charge on any atom is 0.533 e. The van der Waals surface area contributed by atoms with E-state index in [4.69, 9.17) is 9.57 Å². The third kappa shape index (κ3) is 6.19. The van der Waals surface area contributed by atoms with Gasteiger partial charge in [-0.15, -0.1) is 0 Å². The van der Waals surface area contributed by atoms with Crippen LogP contribution >= 0.6 is 0 Å². The predicted molar refractivity (Wildman–Crippen MR) is 143 cm³/mol. The number of nitrogens with one attached hydrogen (secondary N) is 2. The van der Waals surface area contributed by atoms with Crippen molar-refractivity contribution in [2.75, 3.05) is 18.5 Å². The molecule has 4 rings (SSSR count). The zero-order valence-corrected chi connectivity index (χ0v) is 22.4. The van der Waals surface area contributed by atoms with Crippen LogP contribution in [0.3, 0.4) is 0 Å². The summed E-state index contributed by atoms with van der Waals surface area (Å²) in [7, 11) is 0. The van der Waals surface area contributed by atoms with E-state index < -0.39 is 23.9 Å². The van der Waals surface area contributed by atoms with Crippen molar-refractivity contribution in [1.29, 1.82) is 0 Å². The lowest BCUT2D eigenvalue weighted by atomic mass is 9.94. The molecule has 40 heavy (non-hydrogen) atoms. The fraction of sp³-hybridized carbons (Fsp3) is 0.379. The second-order valence-electron chi connectivity index (χ2n) is 9.49. The lowest BCUT2D eigenvalue weighted by Crippen LogP contribution is -2.32. The Morgan fingerprint density at radius 3 is 2.38 bits per heavy atom. The zero-order chi connectivity index (χ0) is 28.8. The maximum atomic E-state index is 12.8. The first-order valence-corrected chi connectivity index (χ1v) is 13.3. The average Bonchev–Trinajstić information content (AvgIpc) is 3.42. The Morgan fingerprint density at radius 2 is 1.68 bits per heavy atom. The van der Waals surface area contributed by atoms with Gasteiger partial charge in [-0.1, -0.05) is 36.3 Å². The van der Waals surface area contributed by atoms with E-state index in [9.17, 15) is 28.8 Å². The molecule has 0 bridgehead atoms. The number of hydrogen-bond donors (Lipinski definition) is 2. The van der Waals surface area contributed by atoms with E-state index in [1.165, 1.54) is 0 Å². The van der Waals surface area contributed by atoms with E-state index in [0.717, 1.165) is 22.3 Å². The Kier molecular flexibility index (Phi) is 8.93. The molecule has 2 aliphatic rings. The Morgan fingerprint density at radius 1 is 0.950 bits per heavy atom. The summed E-state index contributed by atoms with van der Waals surface area (Å²) in [6.45, 7) is 3.95. The van der Waals surface area contributed by atoms with Crippen LogP contribution in [0.2, 0.25) is 0 Å². The quantitative estimate of drug-likeness (QED) is 0.244. The molecule has 1 fully saturated rings. The number of benzene rings is 2. The molecule has 2 aromatic carbocycles. The monoisotopic (exact) mass is 549 g/mol. The number of ketones is 1. The molecule has 0 saturated carbocycles. The summed E-state index contributed by atoms with van der Waals surface area (Å²) in [6, 6.07) is 10.7. The van der Waals surface area contributed by atoms with Crippen LogP contribution in [0.15, 0.2) is 36.4 Å². The first kappa shape index (κ1) is 28.5. The normalized spacial score (nSPS) is 15.3. The summed E-state index contributed by atoms with van der Waals surface area (Å²) in [4.78, 5) is 77.7. The maximum absolute atomic E-state index is 12.8. The molecular weight excluding hydrogens is 518 g/mol. The van der Waals surface area contributed by atoms with Gasteiger partial charge in [0.1, 0.15) is 6.61 Å². The summed E-state index contributed by atoms with van der Waals surface area (Å²) in [5.74, 6) is -2.14. The van der Waals surface area contributed by atoms with Crippen LogP contribution in [0.5, 0.6) is 0 Å². The molecular formula is C29H31N3O8. The van der Waals surface area contributed by atoms with Gasteiger partial charge in [-0.25, -0.2) is 4.79 Å². The molecule has 2 N–H and O–H groups in total. The van der Waals surface area contributed by atoms with Gasteiger partial charge in [0.25, 0.3) is 11.8 Å². The molecule has 0 aromatic heterocycles. The van der Waals surface area contributed by atoms with Crippen molar-refractivity contribution in [2.24, 2.45) is 0 Å². The lowest BCUT2D eigenvalue weighted by Gasteiger charge is -2.17. The highest BCUT2D eigenvalue weighted by Crippen LogP contribution is 2.47. The van der Waals surface area contributed by atoms with Gasteiger partial charge in [-0.2, -0.15) is 0 Å². The number of Topliss-reactive ketones (excluding diaryl/α,β-unsaturated/α-hetero) is 1. The molecule has 11 heteroatoms. The number of hydroxylamine groups is 2. The second-order valence-corrected chi connectivity index (χ2v) is 9.49. The van der Waals surface area contributed by atoms with E-state index >= 15 is 0 Å². The highest BCUT2D eigenvalue weighted by molar-refractivity contribution is 6.05. The van der Waals surface area contributed by atoms with E-state index in [0.29, 0.717) is 35.7 Å². The van der Waals surface area contributed by atoms with Crippen LogP contribution in [-0.2, 0) is 28.8 Å². The SMILES string of the molecule is CCNC(=O)CCCC(=O)Nc1ccc2c(c1)C(COC(=O)ON1C(=O)CCC1=O)c1cccc(C(=O)CC)c1-2. The molecule has 210 valence electrons. The van der Waals surface area contributed by atoms with Gasteiger partial charge in [-0.05, 0) is 47.7 Å². The largest absolute Gasteiger partial charge is 0.533 e. The highest BCUT2D eigenvalue weighted by atomic mass is 16.8. The number of ether oxygens (including phenoxy) is 1. The van der Waals surface area contributed by atoms with E-state index in [2.05, 4.69) is 10.6 Å². The number of hydrogen-bond acceptors (Lipinski definition) is 8. The fourth-order valence-corrected chi connectivity index (χ4v) is 4.92. The highest BCUT2D eigenvalue weighted by Gasteiger charge is 2.36. The molecule has 4 amide bonds. The zero-order valence-electron chi connectivity index (χ0n) is 22.4. The number of fused-ring (bicyclic) bond motifs is 3. The van der Waals surface area contributed by atoms with Crippen molar-refractivity contribution in [3.05, 3.63) is 53.1 Å². The van der Waals surface area contributed by atoms with Gasteiger partial charge in [0.15, 0.2) is 5.78 Å². The summed E-state index contributed by atoms with van der Waals surface area (Å²) in [5, 5.41) is 5.95. The van der Waals surface area contributed by atoms with Gasteiger partial charge in [0.05, 0.1) is 0 Å². The predicted octanol–water partition coefficient (Wildman–Crippen LogP) is 3.85. The Hall–Kier alpha value is -4.54. The summed E-state index contributed by atoms with van der Waals surface area (Å²) in [6.07, 6.45) is -0.154. The molecule has 0 spiro atoms. The first-order chi connectivity index (χ1) is 19.2. The third-order valence-electron chi connectivity index (χ3n) is 6.79. The molecule has 1 atom stereocenters. The van der Waals surface area contributed by atoms with Crippen molar-refractivity contribution < 1.29 is 38.3 Å². The molecule has 1 aliphatic heterocycles. The molecule has 11 nitrogen and oxygen atoms in total. The minimum Gasteiger partial charge on any atom is -0.432 e. The van der Waals surface area contributed by atoms with Crippen LogP contribution in [-0.4, -0.2) is 53.8 Å². The van der Waals surface area contributed by atoms with Crippen molar-refractivity contribution in [1.82, 2.24) is 10.4 Å². The van der Waals surface area contributed by atoms with Gasteiger partial charge in [-0.3, -0.25) is 28.8 Å². The van der Waals surface area contributed by atoms with Gasteiger partial charge >= 0.3 is 6.16 Å². The van der Waals surface area contributed by atoms with Crippen molar-refractivity contribution >= 4 is 41.3 Å². The Balaban J connectivity index is 1.54. The second kappa shape index (κ2) is 12.5. The van der Waals surface area contributed by atoms with Crippen LogP contribution < -0.4 is 10.6 Å². The molecule has 1 aliphatic carbocycles. The number of carbonyl (C=O) groups excluding carboxylic acids is 6. The van der Waals surface area contributed by atoms with Crippen molar-refractivity contribution in [3.8, 4) is 11.1 Å². The Bertz CT molecular complexity index is 1350. The minimum absolute atomic E-state index is 0.0375. The molecule has 1 heterocycles. The third-order valence-corrected chi connectivity index (χ3v) is 6.79. The average molecular weight is 550 g/mol. The van der Waals surface area contributed by atoms with Crippen LogP contribution in [0.4, 0.5) is 10.5 Å². The number of amides is 4. The summed E-state index contributed by atoms with van der Waals surface area (Å²) < 4.78 is 5.32. The van der Waals surface area contributed by atoms with E-state index in [-0.39, 0.29) is 49.9 Å². The van der Waals surface area contributed by atoms with Gasteiger partial charge in [0.2, 0.25) is 11.8 Å². The van der Waals surface area contributed by atoms with Crippen LogP contribution in [0, 0.1) is 0 Å². The van der Waals surface area contributed by atoms with Gasteiger partial charge < -0.3 is 15.4 Å². The number of rotatable bonds is 11. The minimum atomic E-state index is -1.20. The molecule has 1 saturated heterocycles. The number of anilines is 1. The van der Waals surface area contributed by atoms with Crippen molar-refractivity contribution in [3.63, 3.8) is 0 Å². The molecule has 2 aromatic rings. The molecule has 1 unspecified atom stereocenters. The number of nitrogens with zero attached hydrogens (tertiary/aromatic N) is 1. The summed E-state index contributed by atoms with van der Waals surface area (Å²) in [5.41, 5.74) is 4.05. The van der Waals surface area contributed by atoms with Crippen LogP contribution in [0.25, 0.3) is 11.1 Å². The van der Waals surface area contributed by atoms with Gasteiger partial charge in [0, 0.05) is 55.8 Å². The lowest BCUT2D eigenvalue weighted by molar-refractivity contribution is -0.177. The van der Waals surface area contributed by atoms with Crippen molar-refractivity contribution in [2.45, 2.75) is 58.3 Å². The topological polar surface area (TPSA) is 148 Å². The number of carbonyl (C=O) groups is 6. The van der Waals surface area contributed by atoms with Crippen LogP contribution in [0.1, 0.15) is 79.8 Å². The Labute approximate surface area is 231 Å².